The fourth-order valence-corrected chi connectivity index (χ4v) is 4.31. The van der Waals surface area contributed by atoms with Crippen LogP contribution in [0.4, 0.5) is 0 Å². The van der Waals surface area contributed by atoms with Crippen LogP contribution in [0.25, 0.3) is 5.69 Å². The van der Waals surface area contributed by atoms with Crippen LogP contribution in [-0.4, -0.2) is 32.3 Å². The zero-order valence-corrected chi connectivity index (χ0v) is 17.4. The molecular weight excluding hydrogens is 406 g/mol. The molecule has 0 amide bonds. The number of nitrogens with zero attached hydrogens (tertiary/aromatic N) is 4. The Morgan fingerprint density at radius 2 is 2.07 bits per heavy atom. The van der Waals surface area contributed by atoms with E-state index >= 15 is 0 Å². The Kier molecular flexibility index (Phi) is 6.26. The van der Waals surface area contributed by atoms with Crippen LogP contribution >= 0.6 is 23.1 Å². The van der Waals surface area contributed by atoms with Crippen molar-refractivity contribution in [3.8, 4) is 5.69 Å². The van der Waals surface area contributed by atoms with Crippen molar-refractivity contribution in [2.24, 2.45) is 10.9 Å². The maximum Gasteiger partial charge on any atom is 0.335 e. The van der Waals surface area contributed by atoms with Gasteiger partial charge in [0.15, 0.2) is 11.0 Å². The zero-order valence-electron chi connectivity index (χ0n) is 15.7. The molecule has 9 heteroatoms. The van der Waals surface area contributed by atoms with Crippen molar-refractivity contribution in [1.82, 2.24) is 14.8 Å². The Labute approximate surface area is 177 Å². The van der Waals surface area contributed by atoms with Crippen molar-refractivity contribution in [3.05, 3.63) is 58.5 Å². The summed E-state index contributed by atoms with van der Waals surface area (Å²) in [5.41, 5.74) is 6.85. The van der Waals surface area contributed by atoms with Gasteiger partial charge in [-0.2, -0.15) is 0 Å². The second-order valence-corrected chi connectivity index (χ2v) is 8.66. The number of hydrogen-bond donors (Lipinski definition) is 1. The smallest absolute Gasteiger partial charge is 0.335 e. The van der Waals surface area contributed by atoms with Crippen molar-refractivity contribution in [3.63, 3.8) is 0 Å². The summed E-state index contributed by atoms with van der Waals surface area (Å²) < 4.78 is 2.13. The van der Waals surface area contributed by atoms with Gasteiger partial charge < -0.3 is 10.6 Å². The summed E-state index contributed by atoms with van der Waals surface area (Å²) in [6.07, 6.45) is 3.24. The number of benzene rings is 1. The molecule has 4 rings (SSSR count). The average Bonchev–Trinajstić information content (AvgIpc) is 3.27. The lowest BCUT2D eigenvalue weighted by atomic mass is 10.3. The molecule has 7 nitrogen and oxygen atoms in total. The second-order valence-electron chi connectivity index (χ2n) is 6.66. The molecule has 150 valence electrons. The molecule has 0 spiro atoms. The molecule has 3 aromatic rings. The van der Waals surface area contributed by atoms with Gasteiger partial charge in [-0.1, -0.05) is 41.2 Å². The minimum Gasteiger partial charge on any atom is -0.380 e. The van der Waals surface area contributed by atoms with Crippen LogP contribution in [0.3, 0.4) is 0 Å². The first-order valence-corrected chi connectivity index (χ1v) is 11.3. The van der Waals surface area contributed by atoms with E-state index in [2.05, 4.69) is 32.1 Å². The molecule has 1 aliphatic rings. The molecule has 1 fully saturated rings. The Balaban J connectivity index is 1.30. The van der Waals surface area contributed by atoms with Gasteiger partial charge >= 0.3 is 5.97 Å². The van der Waals surface area contributed by atoms with Crippen LogP contribution < -0.4 is 5.73 Å². The van der Waals surface area contributed by atoms with Crippen LogP contribution in [0, 0.1) is 0 Å². The summed E-state index contributed by atoms with van der Waals surface area (Å²) in [6, 6.07) is 13.8. The Morgan fingerprint density at radius 3 is 2.79 bits per heavy atom. The van der Waals surface area contributed by atoms with E-state index in [0.29, 0.717) is 12.3 Å². The number of hydrogen-bond acceptors (Lipinski definition) is 7. The van der Waals surface area contributed by atoms with Crippen LogP contribution in [0.5, 0.6) is 0 Å². The first kappa shape index (κ1) is 19.7. The lowest BCUT2D eigenvalue weighted by Gasteiger charge is -2.09. The Hall–Kier alpha value is -2.65. The van der Waals surface area contributed by atoms with E-state index in [1.54, 1.807) is 11.8 Å². The lowest BCUT2D eigenvalue weighted by Crippen LogP contribution is -2.13. The summed E-state index contributed by atoms with van der Waals surface area (Å²) in [5.74, 6) is 2.07. The summed E-state index contributed by atoms with van der Waals surface area (Å²) in [5, 5.41) is 15.2. The van der Waals surface area contributed by atoms with E-state index < -0.39 is 5.97 Å². The molecule has 0 saturated heterocycles. The predicted molar refractivity (Wildman–Crippen MR) is 114 cm³/mol. The van der Waals surface area contributed by atoms with Crippen LogP contribution in [-0.2, 0) is 9.63 Å². The first-order chi connectivity index (χ1) is 14.2. The minimum absolute atomic E-state index is 0.214. The van der Waals surface area contributed by atoms with Crippen molar-refractivity contribution < 1.29 is 9.63 Å². The van der Waals surface area contributed by atoms with Gasteiger partial charge in [0.05, 0.1) is 4.88 Å². The molecule has 1 saturated carbocycles. The van der Waals surface area contributed by atoms with Gasteiger partial charge in [0.1, 0.15) is 5.82 Å². The lowest BCUT2D eigenvalue weighted by molar-refractivity contribution is -0.143. The van der Waals surface area contributed by atoms with Crippen LogP contribution in [0.1, 0.15) is 42.3 Å². The third-order valence-corrected chi connectivity index (χ3v) is 6.30. The summed E-state index contributed by atoms with van der Waals surface area (Å²) in [4.78, 5) is 17.6. The average molecular weight is 428 g/mol. The normalized spacial score (nSPS) is 14.1. The summed E-state index contributed by atoms with van der Waals surface area (Å²) in [6.45, 7) is 0. The molecule has 0 bridgehead atoms. The van der Waals surface area contributed by atoms with E-state index in [1.807, 2.05) is 35.7 Å². The molecule has 2 aromatic heterocycles. The third kappa shape index (κ3) is 5.04. The molecule has 2 N–H and O–H groups in total. The van der Waals surface area contributed by atoms with Gasteiger partial charge in [-0.15, -0.1) is 21.5 Å². The van der Waals surface area contributed by atoms with Gasteiger partial charge in [0.2, 0.25) is 0 Å². The van der Waals surface area contributed by atoms with Gasteiger partial charge in [0.25, 0.3) is 0 Å². The molecule has 0 atom stereocenters. The standard InChI is InChI=1S/C20H21N5O2S2/c21-18(16-8-4-12-28-16)24-27-17(26)9-5-13-29-20-23-22-19(14-10-11-14)25(20)15-6-2-1-3-7-15/h1-4,6-8,12,14H,5,9-11,13H2,(H2,21,24). The number of nitrogens with two attached hydrogens (primary N) is 1. The Bertz CT molecular complexity index is 982. The maximum absolute atomic E-state index is 11.9. The number of carbonyl (C=O) groups is 1. The predicted octanol–water partition coefficient (Wildman–Crippen LogP) is 3.94. The maximum atomic E-state index is 11.9. The van der Waals surface area contributed by atoms with Gasteiger partial charge in [-0.3, -0.25) is 4.57 Å². The van der Waals surface area contributed by atoms with Crippen molar-refractivity contribution in [1.29, 1.82) is 0 Å². The van der Waals surface area contributed by atoms with E-state index in [4.69, 9.17) is 10.6 Å². The number of para-hydroxylation sites is 1. The number of carbonyl (C=O) groups excluding carboxylic acids is 1. The molecule has 29 heavy (non-hydrogen) atoms. The molecular formula is C20H21N5O2S2. The largest absolute Gasteiger partial charge is 0.380 e. The van der Waals surface area contributed by atoms with Crippen molar-refractivity contribution in [2.45, 2.75) is 36.8 Å². The van der Waals surface area contributed by atoms with Crippen molar-refractivity contribution in [2.75, 3.05) is 5.75 Å². The topological polar surface area (TPSA) is 95.4 Å². The van der Waals surface area contributed by atoms with E-state index in [9.17, 15) is 4.79 Å². The summed E-state index contributed by atoms with van der Waals surface area (Å²) in [7, 11) is 0. The highest BCUT2D eigenvalue weighted by Crippen LogP contribution is 2.41. The number of oxime groups is 1. The number of thioether (sulfide) groups is 1. The second kappa shape index (κ2) is 9.23. The highest BCUT2D eigenvalue weighted by atomic mass is 32.2. The van der Waals surface area contributed by atoms with Crippen LogP contribution in [0.2, 0.25) is 0 Å². The number of aromatic nitrogens is 3. The van der Waals surface area contributed by atoms with Crippen LogP contribution in [0.15, 0.2) is 58.2 Å². The number of amidine groups is 1. The van der Waals surface area contributed by atoms with Gasteiger partial charge in [-0.05, 0) is 42.8 Å². The highest BCUT2D eigenvalue weighted by molar-refractivity contribution is 7.99. The molecule has 0 unspecified atom stereocenters. The van der Waals surface area contributed by atoms with Gasteiger partial charge in [-0.25, -0.2) is 4.79 Å². The molecule has 0 radical (unpaired) electrons. The SMILES string of the molecule is N/C(=N/OC(=O)CCCSc1nnc(C2CC2)n1-c1ccccc1)c1cccs1. The summed E-state index contributed by atoms with van der Waals surface area (Å²) >= 11 is 3.04. The number of rotatable bonds is 9. The van der Waals surface area contributed by atoms with E-state index in [0.717, 1.165) is 40.1 Å². The minimum atomic E-state index is -0.395. The first-order valence-electron chi connectivity index (χ1n) is 9.43. The fourth-order valence-electron chi connectivity index (χ4n) is 2.80. The van der Waals surface area contributed by atoms with E-state index in [1.165, 1.54) is 11.3 Å². The molecule has 1 aliphatic carbocycles. The monoisotopic (exact) mass is 427 g/mol. The highest BCUT2D eigenvalue weighted by Gasteiger charge is 2.30. The third-order valence-electron chi connectivity index (χ3n) is 4.39. The quantitative estimate of drug-likeness (QED) is 0.139. The van der Waals surface area contributed by atoms with Crippen molar-refractivity contribution >= 4 is 34.9 Å². The zero-order chi connectivity index (χ0) is 20.1. The number of thiophene rings is 1. The molecule has 2 heterocycles. The molecule has 1 aromatic carbocycles. The fraction of sp³-hybridized carbons (Fsp3) is 0.300. The van der Waals surface area contributed by atoms with Gasteiger partial charge in [0, 0.05) is 23.8 Å². The van der Waals surface area contributed by atoms with E-state index in [-0.39, 0.29) is 12.3 Å². The molecule has 0 aliphatic heterocycles. The Morgan fingerprint density at radius 1 is 1.24 bits per heavy atom.